The number of anilines is 2. The minimum atomic E-state index is -1.17. The number of nitrogens with two attached hydrogens (primary N) is 1. The van der Waals surface area contributed by atoms with E-state index in [0.29, 0.717) is 17.1 Å². The molecule has 7 heteroatoms. The summed E-state index contributed by atoms with van der Waals surface area (Å²) >= 11 is 11.8. The number of halogens is 2. The summed E-state index contributed by atoms with van der Waals surface area (Å²) in [5, 5.41) is 3.03. The Labute approximate surface area is 112 Å². The molecule has 0 saturated heterocycles. The molecule has 1 rings (SSSR count). The maximum atomic E-state index is 11.5. The molecule has 1 atom stereocenters. The SMILES string of the molecule is CCS(=O)CC(=O)Nc1c(Cl)cc(N)cc1Cl. The van der Waals surface area contributed by atoms with E-state index in [1.54, 1.807) is 6.92 Å². The maximum absolute atomic E-state index is 11.5. The van der Waals surface area contributed by atoms with Gasteiger partial charge >= 0.3 is 0 Å². The van der Waals surface area contributed by atoms with Gasteiger partial charge in [0, 0.05) is 22.2 Å². The van der Waals surface area contributed by atoms with Crippen molar-refractivity contribution in [2.75, 3.05) is 22.6 Å². The smallest absolute Gasteiger partial charge is 0.237 e. The predicted octanol–water partition coefficient (Wildman–Crippen LogP) is 2.28. The normalized spacial score (nSPS) is 12.2. The summed E-state index contributed by atoms with van der Waals surface area (Å²) in [5.74, 6) is -0.0387. The zero-order chi connectivity index (χ0) is 13.0. The quantitative estimate of drug-likeness (QED) is 0.837. The van der Waals surface area contributed by atoms with Crippen LogP contribution in [-0.4, -0.2) is 21.6 Å². The van der Waals surface area contributed by atoms with E-state index in [0.717, 1.165) is 0 Å². The molecule has 0 bridgehead atoms. The second kappa shape index (κ2) is 6.23. The molecule has 0 aromatic heterocycles. The molecule has 1 unspecified atom stereocenters. The molecule has 0 aliphatic heterocycles. The summed E-state index contributed by atoms with van der Waals surface area (Å²) in [6.45, 7) is 1.74. The number of rotatable bonds is 4. The van der Waals surface area contributed by atoms with Crippen LogP contribution < -0.4 is 11.1 Å². The van der Waals surface area contributed by atoms with E-state index in [9.17, 15) is 9.00 Å². The monoisotopic (exact) mass is 294 g/mol. The fourth-order valence-corrected chi connectivity index (χ4v) is 2.30. The van der Waals surface area contributed by atoms with Gasteiger partial charge in [0.15, 0.2) is 0 Å². The van der Waals surface area contributed by atoms with Crippen molar-refractivity contribution in [3.8, 4) is 0 Å². The average molecular weight is 295 g/mol. The van der Waals surface area contributed by atoms with Crippen molar-refractivity contribution >= 4 is 51.3 Å². The molecule has 0 aliphatic carbocycles. The summed E-state index contributed by atoms with van der Waals surface area (Å²) < 4.78 is 11.2. The molecule has 94 valence electrons. The number of nitrogens with one attached hydrogen (secondary N) is 1. The first-order valence-corrected chi connectivity index (χ1v) is 7.07. The summed E-state index contributed by atoms with van der Waals surface area (Å²) in [6, 6.07) is 2.97. The van der Waals surface area contributed by atoms with Gasteiger partial charge in [-0.1, -0.05) is 30.1 Å². The van der Waals surface area contributed by atoms with Crippen molar-refractivity contribution < 1.29 is 9.00 Å². The van der Waals surface area contributed by atoms with E-state index < -0.39 is 16.7 Å². The first-order valence-electron chi connectivity index (χ1n) is 4.83. The fraction of sp³-hybridized carbons (Fsp3) is 0.300. The third kappa shape index (κ3) is 4.18. The molecule has 3 N–H and O–H groups in total. The van der Waals surface area contributed by atoms with E-state index in [4.69, 9.17) is 28.9 Å². The summed E-state index contributed by atoms with van der Waals surface area (Å²) in [5.41, 5.74) is 6.24. The van der Waals surface area contributed by atoms with Crippen molar-refractivity contribution in [3.63, 3.8) is 0 Å². The third-order valence-electron chi connectivity index (χ3n) is 1.94. The highest BCUT2D eigenvalue weighted by atomic mass is 35.5. The van der Waals surface area contributed by atoms with Gasteiger partial charge in [-0.3, -0.25) is 9.00 Å². The molecule has 1 amide bonds. The molecule has 0 spiro atoms. The van der Waals surface area contributed by atoms with Crippen molar-refractivity contribution in [1.82, 2.24) is 0 Å². The van der Waals surface area contributed by atoms with Crippen LogP contribution in [0.3, 0.4) is 0 Å². The lowest BCUT2D eigenvalue weighted by molar-refractivity contribution is -0.113. The van der Waals surface area contributed by atoms with E-state index in [1.165, 1.54) is 12.1 Å². The van der Waals surface area contributed by atoms with Crippen molar-refractivity contribution in [3.05, 3.63) is 22.2 Å². The summed E-state index contributed by atoms with van der Waals surface area (Å²) in [7, 11) is -1.17. The van der Waals surface area contributed by atoms with Crippen LogP contribution in [0.25, 0.3) is 0 Å². The van der Waals surface area contributed by atoms with Crippen LogP contribution in [0.5, 0.6) is 0 Å². The predicted molar refractivity (Wildman–Crippen MR) is 73.1 cm³/mol. The van der Waals surface area contributed by atoms with Crippen LogP contribution in [0.4, 0.5) is 11.4 Å². The first-order chi connectivity index (χ1) is 7.93. The molecule has 17 heavy (non-hydrogen) atoms. The number of carbonyl (C=O) groups excluding carboxylic acids is 1. The molecule has 0 heterocycles. The van der Waals surface area contributed by atoms with Gasteiger partial charge in [-0.05, 0) is 12.1 Å². The molecular weight excluding hydrogens is 283 g/mol. The van der Waals surface area contributed by atoms with Gasteiger partial charge in [-0.2, -0.15) is 0 Å². The lowest BCUT2D eigenvalue weighted by Gasteiger charge is -2.09. The Morgan fingerprint density at radius 2 is 1.94 bits per heavy atom. The molecular formula is C10H12Cl2N2O2S. The largest absolute Gasteiger partial charge is 0.399 e. The highest BCUT2D eigenvalue weighted by Crippen LogP contribution is 2.32. The zero-order valence-corrected chi connectivity index (χ0v) is 11.5. The van der Waals surface area contributed by atoms with Crippen LogP contribution in [-0.2, 0) is 15.6 Å². The van der Waals surface area contributed by atoms with Crippen LogP contribution >= 0.6 is 23.2 Å². The highest BCUT2D eigenvalue weighted by molar-refractivity contribution is 7.85. The molecule has 0 aliphatic rings. The lowest BCUT2D eigenvalue weighted by atomic mass is 10.3. The minimum Gasteiger partial charge on any atom is -0.399 e. The zero-order valence-electron chi connectivity index (χ0n) is 9.13. The molecule has 0 fully saturated rings. The number of benzene rings is 1. The van der Waals surface area contributed by atoms with Crippen molar-refractivity contribution in [1.29, 1.82) is 0 Å². The molecule has 1 aromatic rings. The van der Waals surface area contributed by atoms with Crippen LogP contribution in [0.15, 0.2) is 12.1 Å². The number of carbonyl (C=O) groups is 1. The Kier molecular flexibility index (Phi) is 5.24. The average Bonchev–Trinajstić information content (AvgIpc) is 2.23. The lowest BCUT2D eigenvalue weighted by Crippen LogP contribution is -2.20. The van der Waals surface area contributed by atoms with Crippen LogP contribution in [0, 0.1) is 0 Å². The van der Waals surface area contributed by atoms with E-state index >= 15 is 0 Å². The van der Waals surface area contributed by atoms with Gasteiger partial charge in [0.05, 0.1) is 15.7 Å². The third-order valence-corrected chi connectivity index (χ3v) is 3.77. The van der Waals surface area contributed by atoms with Crippen molar-refractivity contribution in [2.45, 2.75) is 6.92 Å². The number of amides is 1. The van der Waals surface area contributed by atoms with Crippen molar-refractivity contribution in [2.24, 2.45) is 0 Å². The van der Waals surface area contributed by atoms with Gasteiger partial charge in [-0.15, -0.1) is 0 Å². The second-order valence-corrected chi connectivity index (χ2v) is 5.84. The van der Waals surface area contributed by atoms with Gasteiger partial charge < -0.3 is 11.1 Å². The summed E-state index contributed by atoms with van der Waals surface area (Å²) in [4.78, 5) is 11.5. The fourth-order valence-electron chi connectivity index (χ4n) is 1.14. The van der Waals surface area contributed by atoms with Gasteiger partial charge in [0.2, 0.25) is 5.91 Å². The number of nitrogen functional groups attached to an aromatic ring is 1. The minimum absolute atomic E-state index is 0.0759. The van der Waals surface area contributed by atoms with E-state index in [-0.39, 0.29) is 15.8 Å². The maximum Gasteiger partial charge on any atom is 0.237 e. The Hall–Kier alpha value is -0.780. The first kappa shape index (κ1) is 14.3. The molecule has 0 saturated carbocycles. The Bertz CT molecular complexity index is 443. The van der Waals surface area contributed by atoms with Crippen LogP contribution in [0.2, 0.25) is 10.0 Å². The Morgan fingerprint density at radius 3 is 2.41 bits per heavy atom. The Morgan fingerprint density at radius 1 is 1.41 bits per heavy atom. The van der Waals surface area contributed by atoms with Crippen LogP contribution in [0.1, 0.15) is 6.92 Å². The van der Waals surface area contributed by atoms with Gasteiger partial charge in [-0.25, -0.2) is 0 Å². The summed E-state index contributed by atoms with van der Waals surface area (Å²) in [6.07, 6.45) is 0. The molecule has 4 nitrogen and oxygen atoms in total. The molecule has 1 aromatic carbocycles. The van der Waals surface area contributed by atoms with E-state index in [1.807, 2.05) is 0 Å². The Balaban J connectivity index is 2.82. The van der Waals surface area contributed by atoms with Gasteiger partial charge in [0.25, 0.3) is 0 Å². The highest BCUT2D eigenvalue weighted by Gasteiger charge is 2.12. The van der Waals surface area contributed by atoms with E-state index in [2.05, 4.69) is 5.32 Å². The second-order valence-electron chi connectivity index (χ2n) is 3.28. The number of hydrogen-bond acceptors (Lipinski definition) is 3. The topological polar surface area (TPSA) is 72.2 Å². The molecule has 0 radical (unpaired) electrons. The number of hydrogen-bond donors (Lipinski definition) is 2. The van der Waals surface area contributed by atoms with Gasteiger partial charge in [0.1, 0.15) is 5.75 Å². The standard InChI is InChI=1S/C10H12Cl2N2O2S/c1-2-17(16)5-9(15)14-10-7(11)3-6(13)4-8(10)12/h3-4H,2,5,13H2,1H3,(H,14,15).